The van der Waals surface area contributed by atoms with Crippen LogP contribution in [0.15, 0.2) is 0 Å². The van der Waals surface area contributed by atoms with E-state index in [1.807, 2.05) is 20.8 Å². The molecule has 72 valence electrons. The van der Waals surface area contributed by atoms with Crippen LogP contribution >= 0.6 is 24.0 Å². The monoisotopic (exact) mass is 208 g/mol. The fraction of sp³-hybridized carbons (Fsp3) is 0.875. The highest BCUT2D eigenvalue weighted by atomic mass is 32.2. The number of hydrogen-bond acceptors (Lipinski definition) is 4. The Bertz CT molecular complexity index is 128. The number of hydrogen-bond donors (Lipinski definition) is 0. The Kier molecular flexibility index (Phi) is 7.96. The molecule has 0 aromatic heterocycles. The van der Waals surface area contributed by atoms with Crippen LogP contribution in [0.3, 0.4) is 0 Å². The normalized spacial score (nSPS) is 12.6. The maximum atomic E-state index is 5.33. The minimum absolute atomic E-state index is 0.249. The second-order valence-electron chi connectivity index (χ2n) is 2.26. The van der Waals surface area contributed by atoms with Gasteiger partial charge in [-0.05, 0) is 33.0 Å². The van der Waals surface area contributed by atoms with Crippen molar-refractivity contribution in [2.24, 2.45) is 0 Å². The average molecular weight is 208 g/mol. The first kappa shape index (κ1) is 12.2. The van der Waals surface area contributed by atoms with Crippen molar-refractivity contribution < 1.29 is 9.47 Å². The number of rotatable bonds is 5. The molecule has 0 aromatic carbocycles. The Morgan fingerprint density at radius 3 is 2.58 bits per heavy atom. The maximum absolute atomic E-state index is 5.33. The minimum atomic E-state index is 0.249. The fourth-order valence-corrected chi connectivity index (χ4v) is 1.67. The van der Waals surface area contributed by atoms with Crippen molar-refractivity contribution in [3.8, 4) is 0 Å². The summed E-state index contributed by atoms with van der Waals surface area (Å²) in [7, 11) is 0. The van der Waals surface area contributed by atoms with Gasteiger partial charge < -0.3 is 9.47 Å². The summed E-state index contributed by atoms with van der Waals surface area (Å²) in [6.45, 7) is 7.35. The molecule has 0 bridgehead atoms. The zero-order valence-electron chi connectivity index (χ0n) is 7.83. The zero-order valence-corrected chi connectivity index (χ0v) is 9.46. The van der Waals surface area contributed by atoms with Crippen molar-refractivity contribution in [3.63, 3.8) is 0 Å². The number of thioether (sulfide) groups is 1. The molecule has 0 fully saturated rings. The zero-order chi connectivity index (χ0) is 9.40. The van der Waals surface area contributed by atoms with Gasteiger partial charge in [-0.15, -0.1) is 0 Å². The van der Waals surface area contributed by atoms with Gasteiger partial charge in [-0.3, -0.25) is 0 Å². The van der Waals surface area contributed by atoms with E-state index in [-0.39, 0.29) is 6.10 Å². The van der Waals surface area contributed by atoms with Gasteiger partial charge in [0, 0.05) is 12.4 Å². The molecule has 2 nitrogen and oxygen atoms in total. The topological polar surface area (TPSA) is 18.5 Å². The molecule has 0 aliphatic carbocycles. The number of ether oxygens (including phenoxy) is 2. The molecule has 0 rings (SSSR count). The van der Waals surface area contributed by atoms with Gasteiger partial charge in [0.25, 0.3) is 0 Å². The van der Waals surface area contributed by atoms with Crippen LogP contribution in [0, 0.1) is 0 Å². The van der Waals surface area contributed by atoms with E-state index in [0.717, 1.165) is 12.4 Å². The van der Waals surface area contributed by atoms with Gasteiger partial charge in [0.05, 0.1) is 12.7 Å². The first-order chi connectivity index (χ1) is 5.70. The first-order valence-corrected chi connectivity index (χ1v) is 5.51. The fourth-order valence-electron chi connectivity index (χ4n) is 0.678. The van der Waals surface area contributed by atoms with Gasteiger partial charge >= 0.3 is 0 Å². The largest absolute Gasteiger partial charge is 0.479 e. The van der Waals surface area contributed by atoms with E-state index in [0.29, 0.717) is 11.0 Å². The summed E-state index contributed by atoms with van der Waals surface area (Å²) in [6, 6.07) is 0. The van der Waals surface area contributed by atoms with Crippen molar-refractivity contribution in [2.45, 2.75) is 26.9 Å². The molecule has 1 atom stereocenters. The van der Waals surface area contributed by atoms with Crippen molar-refractivity contribution in [2.75, 3.05) is 19.0 Å². The second kappa shape index (κ2) is 7.83. The molecule has 12 heavy (non-hydrogen) atoms. The van der Waals surface area contributed by atoms with Gasteiger partial charge in [-0.25, -0.2) is 0 Å². The maximum Gasteiger partial charge on any atom is 0.220 e. The molecule has 0 N–H and O–H groups in total. The van der Waals surface area contributed by atoms with Crippen molar-refractivity contribution in [3.05, 3.63) is 0 Å². The lowest BCUT2D eigenvalue weighted by Gasteiger charge is -2.10. The first-order valence-electron chi connectivity index (χ1n) is 4.11. The molecule has 0 saturated carbocycles. The highest BCUT2D eigenvalue weighted by molar-refractivity contribution is 8.22. The quantitative estimate of drug-likeness (QED) is 0.646. The molecule has 0 amide bonds. The Morgan fingerprint density at radius 2 is 2.08 bits per heavy atom. The van der Waals surface area contributed by atoms with Crippen LogP contribution in [0.5, 0.6) is 0 Å². The van der Waals surface area contributed by atoms with Gasteiger partial charge in [0.15, 0.2) is 0 Å². The molecule has 0 aromatic rings. The van der Waals surface area contributed by atoms with Gasteiger partial charge in [0.1, 0.15) is 0 Å². The van der Waals surface area contributed by atoms with Crippen molar-refractivity contribution in [1.82, 2.24) is 0 Å². The lowest BCUT2D eigenvalue weighted by Crippen LogP contribution is -2.12. The summed E-state index contributed by atoms with van der Waals surface area (Å²) < 4.78 is 11.1. The second-order valence-corrected chi connectivity index (χ2v) is 3.88. The predicted molar refractivity (Wildman–Crippen MR) is 57.8 cm³/mol. The van der Waals surface area contributed by atoms with E-state index >= 15 is 0 Å². The summed E-state index contributed by atoms with van der Waals surface area (Å²) in [5.74, 6) is 0.868. The third kappa shape index (κ3) is 6.88. The molecular weight excluding hydrogens is 192 g/mol. The van der Waals surface area contributed by atoms with Crippen LogP contribution in [-0.2, 0) is 9.47 Å². The van der Waals surface area contributed by atoms with E-state index in [1.54, 1.807) is 0 Å². The summed E-state index contributed by atoms with van der Waals surface area (Å²) in [5.41, 5.74) is 0. The molecule has 4 heteroatoms. The lowest BCUT2D eigenvalue weighted by atomic mass is 10.5. The molecule has 0 aliphatic heterocycles. The van der Waals surface area contributed by atoms with Gasteiger partial charge in [0.2, 0.25) is 4.38 Å². The van der Waals surface area contributed by atoms with Crippen molar-refractivity contribution >= 4 is 28.4 Å². The van der Waals surface area contributed by atoms with E-state index in [2.05, 4.69) is 0 Å². The molecule has 0 spiro atoms. The molecule has 0 aliphatic rings. The Hall–Kier alpha value is 0.200. The Morgan fingerprint density at radius 1 is 1.42 bits per heavy atom. The summed E-state index contributed by atoms with van der Waals surface area (Å²) in [6.07, 6.45) is 0.249. The van der Waals surface area contributed by atoms with Crippen LogP contribution in [0.25, 0.3) is 0 Å². The molecule has 0 saturated heterocycles. The summed E-state index contributed by atoms with van der Waals surface area (Å²) in [5, 5.41) is 0. The summed E-state index contributed by atoms with van der Waals surface area (Å²) in [4.78, 5) is 0. The Balaban J connectivity index is 3.33. The summed E-state index contributed by atoms with van der Waals surface area (Å²) >= 11 is 6.47. The van der Waals surface area contributed by atoms with Gasteiger partial charge in [-0.1, -0.05) is 11.8 Å². The van der Waals surface area contributed by atoms with Crippen LogP contribution in [-0.4, -0.2) is 29.5 Å². The van der Waals surface area contributed by atoms with Crippen LogP contribution in [0.2, 0.25) is 0 Å². The SMILES string of the molecule is CCOC(=S)SCC(C)OCC. The van der Waals surface area contributed by atoms with Crippen LogP contribution in [0.1, 0.15) is 20.8 Å². The number of thiocarbonyl (C=S) groups is 1. The van der Waals surface area contributed by atoms with Crippen LogP contribution < -0.4 is 0 Å². The third-order valence-electron chi connectivity index (χ3n) is 1.15. The minimum Gasteiger partial charge on any atom is -0.479 e. The van der Waals surface area contributed by atoms with E-state index in [4.69, 9.17) is 21.7 Å². The third-order valence-corrected chi connectivity index (χ3v) is 2.61. The average Bonchev–Trinajstić information content (AvgIpc) is 2.02. The Labute approximate surface area is 84.0 Å². The smallest absolute Gasteiger partial charge is 0.220 e. The van der Waals surface area contributed by atoms with E-state index in [9.17, 15) is 0 Å². The highest BCUT2D eigenvalue weighted by Gasteiger charge is 2.03. The van der Waals surface area contributed by atoms with E-state index < -0.39 is 0 Å². The van der Waals surface area contributed by atoms with Gasteiger partial charge in [-0.2, -0.15) is 0 Å². The van der Waals surface area contributed by atoms with Crippen molar-refractivity contribution in [1.29, 1.82) is 0 Å². The van der Waals surface area contributed by atoms with Crippen LogP contribution in [0.4, 0.5) is 0 Å². The van der Waals surface area contributed by atoms with E-state index in [1.165, 1.54) is 11.8 Å². The highest BCUT2D eigenvalue weighted by Crippen LogP contribution is 2.09. The molecule has 1 unspecified atom stereocenters. The lowest BCUT2D eigenvalue weighted by molar-refractivity contribution is 0.0932. The molecule has 0 heterocycles. The predicted octanol–water partition coefficient (Wildman–Crippen LogP) is 2.47. The standard InChI is InChI=1S/C8H16O2S2/c1-4-9-7(3)6-12-8(11)10-5-2/h7H,4-6H2,1-3H3. The molecule has 0 radical (unpaired) electrons. The molecular formula is C8H16O2S2.